The van der Waals surface area contributed by atoms with Crippen molar-refractivity contribution in [1.82, 2.24) is 4.57 Å². The van der Waals surface area contributed by atoms with Crippen molar-refractivity contribution >= 4 is 27.5 Å². The quantitative estimate of drug-likeness (QED) is 0.619. The largest absolute Gasteiger partial charge is 0.477 e. The molecular weight excluding hydrogens is 380 g/mol. The summed E-state index contributed by atoms with van der Waals surface area (Å²) >= 11 is 0. The van der Waals surface area contributed by atoms with Crippen LogP contribution in [-0.2, 0) is 10.0 Å². The van der Waals surface area contributed by atoms with Gasteiger partial charge >= 0.3 is 5.97 Å². The lowest BCUT2D eigenvalue weighted by molar-refractivity contribution is 0.0688. The average molecular weight is 398 g/mol. The zero-order valence-electron chi connectivity index (χ0n) is 15.2. The highest BCUT2D eigenvalue weighted by molar-refractivity contribution is 7.92. The number of carboxylic acid groups (broad SMARTS) is 1. The first kappa shape index (κ1) is 19.4. The number of aromatic carboxylic acids is 1. The summed E-state index contributed by atoms with van der Waals surface area (Å²) in [6.07, 6.45) is 1.63. The number of carbonyl (C=O) groups is 2. The Morgan fingerprint density at radius 2 is 1.79 bits per heavy atom. The van der Waals surface area contributed by atoms with Gasteiger partial charge in [-0.3, -0.25) is 9.52 Å². The smallest absolute Gasteiger partial charge is 0.352 e. The summed E-state index contributed by atoms with van der Waals surface area (Å²) in [5, 5.41) is 9.27. The molecule has 3 rings (SSSR count). The van der Waals surface area contributed by atoms with Crippen LogP contribution in [0.3, 0.4) is 0 Å². The third kappa shape index (κ3) is 3.81. The summed E-state index contributed by atoms with van der Waals surface area (Å²) in [4.78, 5) is 22.8. The fraction of sp³-hybridized carbons (Fsp3) is 0.100. The van der Waals surface area contributed by atoms with Crippen molar-refractivity contribution in [1.29, 1.82) is 0 Å². The van der Waals surface area contributed by atoms with Gasteiger partial charge in [0.2, 0.25) is 0 Å². The summed E-state index contributed by atoms with van der Waals surface area (Å²) in [7, 11) is -3.88. The van der Waals surface area contributed by atoms with Crippen LogP contribution in [0, 0.1) is 6.92 Å². The molecule has 0 amide bonds. The number of Topliss-reactive ketones (excluding diaryl/α,β-unsaturated/α-hetero) is 1. The molecule has 0 fully saturated rings. The van der Waals surface area contributed by atoms with Gasteiger partial charge in [0.25, 0.3) is 10.0 Å². The summed E-state index contributed by atoms with van der Waals surface area (Å²) in [6, 6.07) is 13.7. The molecule has 1 heterocycles. The number of ketones is 1. The van der Waals surface area contributed by atoms with E-state index in [1.807, 2.05) is 0 Å². The zero-order chi connectivity index (χ0) is 20.5. The number of carboxylic acids is 1. The van der Waals surface area contributed by atoms with E-state index < -0.39 is 16.0 Å². The van der Waals surface area contributed by atoms with Crippen LogP contribution in [0.2, 0.25) is 0 Å². The number of benzene rings is 2. The molecule has 0 aliphatic rings. The number of anilines is 1. The minimum Gasteiger partial charge on any atom is -0.477 e. The maximum atomic E-state index is 12.6. The molecule has 144 valence electrons. The Bertz CT molecular complexity index is 1180. The lowest BCUT2D eigenvalue weighted by Crippen LogP contribution is -2.14. The van der Waals surface area contributed by atoms with Gasteiger partial charge in [0, 0.05) is 23.1 Å². The Morgan fingerprint density at radius 3 is 2.43 bits per heavy atom. The third-order valence-corrected chi connectivity index (χ3v) is 5.61. The monoisotopic (exact) mass is 398 g/mol. The average Bonchev–Trinajstić information content (AvgIpc) is 3.11. The standard InChI is InChI=1S/C20H18N2O5S/c1-13-11-16(8-9-18(13)22-10-4-7-19(22)20(24)25)21-28(26,27)17-6-3-5-15(12-17)14(2)23/h3-12,21H,1-2H3,(H,24,25). The molecule has 0 radical (unpaired) electrons. The van der Waals surface area contributed by atoms with Crippen molar-refractivity contribution in [2.24, 2.45) is 0 Å². The van der Waals surface area contributed by atoms with Gasteiger partial charge in [-0.25, -0.2) is 13.2 Å². The van der Waals surface area contributed by atoms with Crippen LogP contribution in [0.1, 0.15) is 33.3 Å². The fourth-order valence-corrected chi connectivity index (χ4v) is 3.95. The van der Waals surface area contributed by atoms with Crippen LogP contribution in [-0.4, -0.2) is 29.8 Å². The fourth-order valence-electron chi connectivity index (χ4n) is 2.85. The minimum absolute atomic E-state index is 0.0134. The van der Waals surface area contributed by atoms with E-state index in [1.54, 1.807) is 43.5 Å². The molecule has 0 unspecified atom stereocenters. The van der Waals surface area contributed by atoms with E-state index in [0.717, 1.165) is 0 Å². The first-order valence-electron chi connectivity index (χ1n) is 8.34. The summed E-state index contributed by atoms with van der Waals surface area (Å²) in [5.74, 6) is -1.28. The second kappa shape index (κ2) is 7.32. The Morgan fingerprint density at radius 1 is 1.04 bits per heavy atom. The van der Waals surface area contributed by atoms with Crippen LogP contribution < -0.4 is 4.72 Å². The topological polar surface area (TPSA) is 105 Å². The molecule has 0 aliphatic heterocycles. The molecule has 0 atom stereocenters. The highest BCUT2D eigenvalue weighted by atomic mass is 32.2. The van der Waals surface area contributed by atoms with Gasteiger partial charge in [0.05, 0.1) is 4.90 Å². The number of carbonyl (C=O) groups excluding carboxylic acids is 1. The van der Waals surface area contributed by atoms with Crippen molar-refractivity contribution in [3.05, 3.63) is 77.6 Å². The third-order valence-electron chi connectivity index (χ3n) is 4.23. The van der Waals surface area contributed by atoms with E-state index in [2.05, 4.69) is 4.72 Å². The molecule has 8 heteroatoms. The number of nitrogens with one attached hydrogen (secondary N) is 1. The molecule has 2 N–H and O–H groups in total. The molecule has 0 saturated heterocycles. The number of sulfonamides is 1. The van der Waals surface area contributed by atoms with Crippen LogP contribution in [0.4, 0.5) is 5.69 Å². The molecule has 1 aromatic heterocycles. The summed E-state index contributed by atoms with van der Waals surface area (Å²) in [5.41, 5.74) is 2.07. The van der Waals surface area contributed by atoms with E-state index in [-0.39, 0.29) is 16.4 Å². The molecule has 0 spiro atoms. The zero-order valence-corrected chi connectivity index (χ0v) is 16.0. The molecule has 28 heavy (non-hydrogen) atoms. The van der Waals surface area contributed by atoms with Gasteiger partial charge < -0.3 is 9.67 Å². The van der Waals surface area contributed by atoms with Crippen molar-refractivity contribution in [2.45, 2.75) is 18.7 Å². The lowest BCUT2D eigenvalue weighted by atomic mass is 10.1. The van der Waals surface area contributed by atoms with Crippen LogP contribution in [0.25, 0.3) is 5.69 Å². The second-order valence-corrected chi connectivity index (χ2v) is 7.94. The van der Waals surface area contributed by atoms with Crippen molar-refractivity contribution < 1.29 is 23.1 Å². The Kier molecular flexibility index (Phi) is 5.06. The maximum Gasteiger partial charge on any atom is 0.352 e. The van der Waals surface area contributed by atoms with E-state index >= 15 is 0 Å². The Hall–Kier alpha value is -3.39. The van der Waals surface area contributed by atoms with Crippen LogP contribution in [0.15, 0.2) is 65.7 Å². The Balaban J connectivity index is 1.92. The summed E-state index contributed by atoms with van der Waals surface area (Å²) in [6.45, 7) is 3.13. The molecule has 0 aliphatic carbocycles. The molecular formula is C20H18N2O5S. The normalized spacial score (nSPS) is 11.2. The Labute approximate surface area is 162 Å². The number of hydrogen-bond acceptors (Lipinski definition) is 4. The SMILES string of the molecule is CC(=O)c1cccc(S(=O)(=O)Nc2ccc(-n3cccc3C(=O)O)c(C)c2)c1. The number of aryl methyl sites for hydroxylation is 1. The summed E-state index contributed by atoms with van der Waals surface area (Å²) < 4.78 is 29.3. The second-order valence-electron chi connectivity index (χ2n) is 6.26. The highest BCUT2D eigenvalue weighted by Gasteiger charge is 2.17. The van der Waals surface area contributed by atoms with Gasteiger partial charge in [-0.05, 0) is 61.9 Å². The first-order valence-corrected chi connectivity index (χ1v) is 9.83. The highest BCUT2D eigenvalue weighted by Crippen LogP contribution is 2.23. The van der Waals surface area contributed by atoms with Crippen molar-refractivity contribution in [3.63, 3.8) is 0 Å². The van der Waals surface area contributed by atoms with Crippen LogP contribution in [0.5, 0.6) is 0 Å². The number of nitrogens with zero attached hydrogens (tertiary/aromatic N) is 1. The number of aromatic nitrogens is 1. The van der Waals surface area contributed by atoms with E-state index in [4.69, 9.17) is 0 Å². The van der Waals surface area contributed by atoms with E-state index in [9.17, 15) is 23.1 Å². The van der Waals surface area contributed by atoms with E-state index in [1.165, 1.54) is 35.8 Å². The van der Waals surface area contributed by atoms with Crippen molar-refractivity contribution in [3.8, 4) is 5.69 Å². The molecule has 7 nitrogen and oxygen atoms in total. The van der Waals surface area contributed by atoms with Gasteiger partial charge in [0.1, 0.15) is 5.69 Å². The lowest BCUT2D eigenvalue weighted by Gasteiger charge is -2.13. The first-order chi connectivity index (χ1) is 13.2. The predicted molar refractivity (Wildman–Crippen MR) is 105 cm³/mol. The molecule has 0 bridgehead atoms. The van der Waals surface area contributed by atoms with Gasteiger partial charge in [0.15, 0.2) is 5.78 Å². The van der Waals surface area contributed by atoms with E-state index in [0.29, 0.717) is 22.5 Å². The number of hydrogen-bond donors (Lipinski definition) is 2. The van der Waals surface area contributed by atoms with Gasteiger partial charge in [-0.2, -0.15) is 0 Å². The maximum absolute atomic E-state index is 12.6. The molecule has 2 aromatic carbocycles. The molecule has 0 saturated carbocycles. The van der Waals surface area contributed by atoms with Gasteiger partial charge in [-0.1, -0.05) is 12.1 Å². The minimum atomic E-state index is -3.88. The van der Waals surface area contributed by atoms with Gasteiger partial charge in [-0.15, -0.1) is 0 Å². The van der Waals surface area contributed by atoms with Crippen LogP contribution >= 0.6 is 0 Å². The molecule has 3 aromatic rings. The van der Waals surface area contributed by atoms with Crippen molar-refractivity contribution in [2.75, 3.05) is 4.72 Å². The predicted octanol–water partition coefficient (Wildman–Crippen LogP) is 3.49. The number of rotatable bonds is 6.